The van der Waals surface area contributed by atoms with Crippen LogP contribution < -0.4 is 15.1 Å². The Balaban J connectivity index is 1.65. The van der Waals surface area contributed by atoms with E-state index in [9.17, 15) is 9.90 Å². The van der Waals surface area contributed by atoms with E-state index in [0.29, 0.717) is 48.0 Å². The SMILES string of the molecule is Cc1c(-c2ccc3c(c2)OCCO3)c(=O)oc2c(CN3CCCC3)c(O)ccc12. The number of likely N-dealkylation sites (tertiary alicyclic amines) is 1. The highest BCUT2D eigenvalue weighted by atomic mass is 16.6. The lowest BCUT2D eigenvalue weighted by Gasteiger charge is -2.20. The Morgan fingerprint density at radius 3 is 2.59 bits per heavy atom. The smallest absolute Gasteiger partial charge is 0.344 e. The van der Waals surface area contributed by atoms with Gasteiger partial charge in [-0.3, -0.25) is 4.90 Å². The zero-order valence-corrected chi connectivity index (χ0v) is 16.4. The summed E-state index contributed by atoms with van der Waals surface area (Å²) in [6.45, 7) is 5.49. The van der Waals surface area contributed by atoms with Crippen molar-refractivity contribution >= 4 is 11.0 Å². The second kappa shape index (κ2) is 7.12. The van der Waals surface area contributed by atoms with Gasteiger partial charge in [0.2, 0.25) is 0 Å². The molecule has 6 heteroatoms. The fourth-order valence-electron chi connectivity index (χ4n) is 4.31. The molecule has 1 fully saturated rings. The summed E-state index contributed by atoms with van der Waals surface area (Å²) in [6.07, 6.45) is 2.31. The van der Waals surface area contributed by atoms with Crippen molar-refractivity contribution in [1.29, 1.82) is 0 Å². The predicted molar refractivity (Wildman–Crippen MR) is 110 cm³/mol. The van der Waals surface area contributed by atoms with Crippen molar-refractivity contribution in [3.8, 4) is 28.4 Å². The fraction of sp³-hybridized carbons (Fsp3) is 0.348. The third kappa shape index (κ3) is 3.13. The van der Waals surface area contributed by atoms with Crippen molar-refractivity contribution in [1.82, 2.24) is 4.90 Å². The summed E-state index contributed by atoms with van der Waals surface area (Å²) in [6, 6.07) is 9.00. The molecule has 1 aromatic heterocycles. The first kappa shape index (κ1) is 18.1. The van der Waals surface area contributed by atoms with Gasteiger partial charge >= 0.3 is 5.63 Å². The molecule has 0 saturated carbocycles. The molecular formula is C23H23NO5. The Morgan fingerprint density at radius 1 is 1.03 bits per heavy atom. The Bertz CT molecular complexity index is 1140. The zero-order valence-electron chi connectivity index (χ0n) is 16.4. The van der Waals surface area contributed by atoms with Gasteiger partial charge in [0.1, 0.15) is 24.5 Å². The number of hydrogen-bond donors (Lipinski definition) is 1. The van der Waals surface area contributed by atoms with Crippen LogP contribution >= 0.6 is 0 Å². The van der Waals surface area contributed by atoms with Crippen molar-refractivity contribution in [3.05, 3.63) is 51.9 Å². The average Bonchev–Trinajstić information content (AvgIpc) is 3.23. The number of fused-ring (bicyclic) bond motifs is 2. The standard InChI is InChI=1S/C23H23NO5/c1-14-16-5-6-18(25)17(13-24-8-2-3-9-24)22(16)29-23(26)21(14)15-4-7-19-20(12-15)28-11-10-27-19/h4-7,12,25H,2-3,8-11,13H2,1H3. The first-order chi connectivity index (χ1) is 14.1. The van der Waals surface area contributed by atoms with Gasteiger partial charge in [-0.1, -0.05) is 6.07 Å². The molecule has 0 radical (unpaired) electrons. The first-order valence-corrected chi connectivity index (χ1v) is 10.0. The molecule has 5 rings (SSSR count). The number of rotatable bonds is 3. The molecule has 3 aromatic rings. The van der Waals surface area contributed by atoms with E-state index in [1.807, 2.05) is 31.2 Å². The maximum atomic E-state index is 13.0. The van der Waals surface area contributed by atoms with Gasteiger partial charge in [0.15, 0.2) is 11.5 Å². The quantitative estimate of drug-likeness (QED) is 0.682. The molecule has 0 unspecified atom stereocenters. The summed E-state index contributed by atoms with van der Waals surface area (Å²) < 4.78 is 17.0. The van der Waals surface area contributed by atoms with Crippen molar-refractivity contribution in [3.63, 3.8) is 0 Å². The van der Waals surface area contributed by atoms with Crippen LogP contribution in [0.3, 0.4) is 0 Å². The fourth-order valence-corrected chi connectivity index (χ4v) is 4.31. The minimum atomic E-state index is -0.417. The third-order valence-electron chi connectivity index (χ3n) is 5.82. The Morgan fingerprint density at radius 2 is 1.79 bits per heavy atom. The van der Waals surface area contributed by atoms with Crippen molar-refractivity contribution in [2.75, 3.05) is 26.3 Å². The van der Waals surface area contributed by atoms with Gasteiger partial charge in [0.05, 0.1) is 11.1 Å². The molecule has 0 bridgehead atoms. The van der Waals surface area contributed by atoms with Crippen LogP contribution in [0.5, 0.6) is 17.2 Å². The van der Waals surface area contributed by atoms with Crippen LogP contribution in [0.25, 0.3) is 22.1 Å². The van der Waals surface area contributed by atoms with E-state index < -0.39 is 5.63 Å². The van der Waals surface area contributed by atoms with Gasteiger partial charge < -0.3 is 19.0 Å². The second-order valence-electron chi connectivity index (χ2n) is 7.67. The molecule has 0 atom stereocenters. The number of ether oxygens (including phenoxy) is 2. The van der Waals surface area contributed by atoms with E-state index in [0.717, 1.165) is 42.4 Å². The van der Waals surface area contributed by atoms with E-state index in [1.165, 1.54) is 0 Å². The van der Waals surface area contributed by atoms with Gasteiger partial charge in [-0.05, 0) is 68.2 Å². The van der Waals surface area contributed by atoms with Crippen LogP contribution in [-0.2, 0) is 6.54 Å². The lowest BCUT2D eigenvalue weighted by atomic mass is 9.97. The summed E-state index contributed by atoms with van der Waals surface area (Å²) in [7, 11) is 0. The average molecular weight is 393 g/mol. The van der Waals surface area contributed by atoms with Crippen LogP contribution in [-0.4, -0.2) is 36.3 Å². The summed E-state index contributed by atoms with van der Waals surface area (Å²) in [5, 5.41) is 11.3. The summed E-state index contributed by atoms with van der Waals surface area (Å²) in [5.74, 6) is 1.48. The zero-order chi connectivity index (χ0) is 20.0. The first-order valence-electron chi connectivity index (χ1n) is 10.0. The lowest BCUT2D eigenvalue weighted by Crippen LogP contribution is -2.19. The summed E-state index contributed by atoms with van der Waals surface area (Å²) in [5.41, 5.74) is 2.80. The molecular weight excluding hydrogens is 370 g/mol. The monoisotopic (exact) mass is 393 g/mol. The highest BCUT2D eigenvalue weighted by Gasteiger charge is 2.22. The number of phenolic OH excluding ortho intramolecular Hbond substituents is 1. The van der Waals surface area contributed by atoms with Gasteiger partial charge in [-0.2, -0.15) is 0 Å². The van der Waals surface area contributed by atoms with Crippen LogP contribution in [0.4, 0.5) is 0 Å². The van der Waals surface area contributed by atoms with Crippen LogP contribution in [0, 0.1) is 6.92 Å². The van der Waals surface area contributed by atoms with Gasteiger partial charge in [-0.15, -0.1) is 0 Å². The van der Waals surface area contributed by atoms with Gasteiger partial charge in [0.25, 0.3) is 0 Å². The predicted octanol–water partition coefficient (Wildman–Crippen LogP) is 3.84. The summed E-state index contributed by atoms with van der Waals surface area (Å²) in [4.78, 5) is 15.3. The molecule has 0 amide bonds. The molecule has 0 spiro atoms. The number of aryl methyl sites for hydroxylation is 1. The van der Waals surface area contributed by atoms with Crippen molar-refractivity contribution in [2.24, 2.45) is 0 Å². The third-order valence-corrected chi connectivity index (χ3v) is 5.82. The van der Waals surface area contributed by atoms with Gasteiger partial charge in [0, 0.05) is 11.9 Å². The van der Waals surface area contributed by atoms with E-state index in [-0.39, 0.29) is 5.75 Å². The summed E-state index contributed by atoms with van der Waals surface area (Å²) >= 11 is 0. The van der Waals surface area contributed by atoms with Crippen LogP contribution in [0.15, 0.2) is 39.5 Å². The molecule has 0 aliphatic carbocycles. The number of benzene rings is 2. The molecule has 2 aliphatic heterocycles. The maximum Gasteiger partial charge on any atom is 0.344 e. The molecule has 3 heterocycles. The van der Waals surface area contributed by atoms with E-state index in [4.69, 9.17) is 13.9 Å². The Labute approximate surface area is 168 Å². The molecule has 1 N–H and O–H groups in total. The molecule has 6 nitrogen and oxygen atoms in total. The highest BCUT2D eigenvalue weighted by Crippen LogP contribution is 2.37. The molecule has 29 heavy (non-hydrogen) atoms. The molecule has 2 aliphatic rings. The molecule has 2 aromatic carbocycles. The minimum absolute atomic E-state index is 0.166. The highest BCUT2D eigenvalue weighted by molar-refractivity contribution is 5.90. The molecule has 1 saturated heterocycles. The van der Waals surface area contributed by atoms with E-state index in [2.05, 4.69) is 4.90 Å². The number of hydrogen-bond acceptors (Lipinski definition) is 6. The normalized spacial score (nSPS) is 16.4. The van der Waals surface area contributed by atoms with Crippen LogP contribution in [0.2, 0.25) is 0 Å². The van der Waals surface area contributed by atoms with Gasteiger partial charge in [-0.25, -0.2) is 4.79 Å². The van der Waals surface area contributed by atoms with E-state index in [1.54, 1.807) is 6.07 Å². The van der Waals surface area contributed by atoms with Crippen LogP contribution in [0.1, 0.15) is 24.0 Å². The van der Waals surface area contributed by atoms with Crippen molar-refractivity contribution in [2.45, 2.75) is 26.3 Å². The Kier molecular flexibility index (Phi) is 4.43. The minimum Gasteiger partial charge on any atom is -0.507 e. The van der Waals surface area contributed by atoms with E-state index >= 15 is 0 Å². The molecule has 150 valence electrons. The number of phenols is 1. The van der Waals surface area contributed by atoms with Crippen molar-refractivity contribution < 1.29 is 19.0 Å². The lowest BCUT2D eigenvalue weighted by molar-refractivity contribution is 0.171. The second-order valence-corrected chi connectivity index (χ2v) is 7.67. The number of aromatic hydroxyl groups is 1. The topological polar surface area (TPSA) is 72.1 Å². The largest absolute Gasteiger partial charge is 0.507 e. The Hall–Kier alpha value is -2.99. The maximum absolute atomic E-state index is 13.0. The number of nitrogens with zero attached hydrogens (tertiary/aromatic N) is 1.